The first-order chi connectivity index (χ1) is 9.51. The van der Waals surface area contributed by atoms with E-state index in [9.17, 15) is 4.79 Å². The SMILES string of the molecule is COC(=O)c1ccc(CC(OC)OC)c(NC(C)C)c1. The molecule has 0 aliphatic heterocycles. The summed E-state index contributed by atoms with van der Waals surface area (Å²) in [6, 6.07) is 5.69. The molecule has 0 atom stereocenters. The van der Waals surface area contributed by atoms with Gasteiger partial charge in [-0.25, -0.2) is 4.79 Å². The van der Waals surface area contributed by atoms with E-state index in [4.69, 9.17) is 14.2 Å². The molecule has 0 saturated carbocycles. The van der Waals surface area contributed by atoms with Gasteiger partial charge in [-0.3, -0.25) is 0 Å². The van der Waals surface area contributed by atoms with E-state index in [1.165, 1.54) is 7.11 Å². The third kappa shape index (κ3) is 4.51. The number of nitrogens with one attached hydrogen (secondary N) is 1. The highest BCUT2D eigenvalue weighted by Gasteiger charge is 2.14. The lowest BCUT2D eigenvalue weighted by Crippen LogP contribution is -2.19. The van der Waals surface area contributed by atoms with Gasteiger partial charge in [0.25, 0.3) is 0 Å². The molecule has 0 unspecified atom stereocenters. The first kappa shape index (κ1) is 16.5. The number of ether oxygens (including phenoxy) is 3. The Morgan fingerprint density at radius 3 is 2.35 bits per heavy atom. The number of carbonyl (C=O) groups is 1. The zero-order valence-electron chi connectivity index (χ0n) is 12.7. The zero-order chi connectivity index (χ0) is 15.1. The molecule has 112 valence electrons. The van der Waals surface area contributed by atoms with E-state index in [1.54, 1.807) is 26.4 Å². The molecule has 1 aromatic rings. The number of hydrogen-bond donors (Lipinski definition) is 1. The summed E-state index contributed by atoms with van der Waals surface area (Å²) in [6.45, 7) is 4.08. The van der Waals surface area contributed by atoms with Gasteiger partial charge in [0, 0.05) is 32.4 Å². The van der Waals surface area contributed by atoms with E-state index in [1.807, 2.05) is 19.9 Å². The Kier molecular flexibility index (Phi) is 6.48. The maximum Gasteiger partial charge on any atom is 0.337 e. The van der Waals surface area contributed by atoms with Crippen LogP contribution in [0.5, 0.6) is 0 Å². The van der Waals surface area contributed by atoms with E-state index in [0.717, 1.165) is 11.3 Å². The van der Waals surface area contributed by atoms with Crippen LogP contribution in [0.3, 0.4) is 0 Å². The van der Waals surface area contributed by atoms with Crippen LogP contribution in [0.2, 0.25) is 0 Å². The summed E-state index contributed by atoms with van der Waals surface area (Å²) in [5, 5.41) is 3.33. The minimum Gasteiger partial charge on any atom is -0.465 e. The Morgan fingerprint density at radius 2 is 1.85 bits per heavy atom. The van der Waals surface area contributed by atoms with Gasteiger partial charge in [0.2, 0.25) is 0 Å². The highest BCUT2D eigenvalue weighted by molar-refractivity contribution is 5.90. The van der Waals surface area contributed by atoms with Gasteiger partial charge in [0.15, 0.2) is 6.29 Å². The molecule has 20 heavy (non-hydrogen) atoms. The molecule has 5 nitrogen and oxygen atoms in total. The van der Waals surface area contributed by atoms with Gasteiger partial charge in [-0.2, -0.15) is 0 Å². The number of hydrogen-bond acceptors (Lipinski definition) is 5. The van der Waals surface area contributed by atoms with Gasteiger partial charge in [0.05, 0.1) is 12.7 Å². The van der Waals surface area contributed by atoms with Crippen LogP contribution in [0, 0.1) is 0 Å². The minimum atomic E-state index is -0.349. The second-order valence-corrected chi connectivity index (χ2v) is 4.77. The van der Waals surface area contributed by atoms with E-state index >= 15 is 0 Å². The second-order valence-electron chi connectivity index (χ2n) is 4.77. The smallest absolute Gasteiger partial charge is 0.337 e. The quantitative estimate of drug-likeness (QED) is 0.614. The molecule has 0 aliphatic carbocycles. The molecule has 0 bridgehead atoms. The molecule has 0 saturated heterocycles. The van der Waals surface area contributed by atoms with Crippen molar-refractivity contribution in [2.45, 2.75) is 32.6 Å². The Bertz CT molecular complexity index is 441. The van der Waals surface area contributed by atoms with Gasteiger partial charge < -0.3 is 19.5 Å². The summed E-state index contributed by atoms with van der Waals surface area (Å²) in [4.78, 5) is 11.6. The van der Waals surface area contributed by atoms with Gasteiger partial charge in [0.1, 0.15) is 0 Å². The van der Waals surface area contributed by atoms with Crippen LogP contribution in [-0.2, 0) is 20.6 Å². The summed E-state index contributed by atoms with van der Waals surface area (Å²) in [5.74, 6) is -0.349. The van der Waals surface area contributed by atoms with E-state index in [0.29, 0.717) is 12.0 Å². The number of rotatable bonds is 7. The standard InChI is InChI=1S/C15H23NO4/c1-10(2)16-13-8-12(15(17)20-5)7-6-11(13)9-14(18-3)19-4/h6-8,10,14,16H,9H2,1-5H3. The molecule has 0 heterocycles. The third-order valence-electron chi connectivity index (χ3n) is 2.89. The maximum atomic E-state index is 11.6. The Hall–Kier alpha value is -1.59. The fourth-order valence-corrected chi connectivity index (χ4v) is 1.89. The molecule has 1 aromatic carbocycles. The molecule has 0 radical (unpaired) electrons. The van der Waals surface area contributed by atoms with Crippen LogP contribution in [0.15, 0.2) is 18.2 Å². The highest BCUT2D eigenvalue weighted by Crippen LogP contribution is 2.22. The van der Waals surface area contributed by atoms with Crippen molar-refractivity contribution in [3.63, 3.8) is 0 Å². The Labute approximate surface area is 120 Å². The lowest BCUT2D eigenvalue weighted by atomic mass is 10.0. The third-order valence-corrected chi connectivity index (χ3v) is 2.89. The molecule has 5 heteroatoms. The van der Waals surface area contributed by atoms with E-state index < -0.39 is 0 Å². The molecule has 0 fully saturated rings. The molecule has 1 rings (SSSR count). The van der Waals surface area contributed by atoms with Crippen molar-refractivity contribution in [2.24, 2.45) is 0 Å². The van der Waals surface area contributed by atoms with Crippen LogP contribution in [0.25, 0.3) is 0 Å². The summed E-state index contributed by atoms with van der Waals surface area (Å²) in [7, 11) is 4.58. The Morgan fingerprint density at radius 1 is 1.20 bits per heavy atom. The van der Waals surface area contributed by atoms with Crippen LogP contribution < -0.4 is 5.32 Å². The average Bonchev–Trinajstić information content (AvgIpc) is 2.44. The Balaban J connectivity index is 3.06. The highest BCUT2D eigenvalue weighted by atomic mass is 16.7. The summed E-state index contributed by atoms with van der Waals surface area (Å²) >= 11 is 0. The molecule has 0 spiro atoms. The molecule has 0 amide bonds. The van der Waals surface area contributed by atoms with Crippen LogP contribution >= 0.6 is 0 Å². The summed E-state index contributed by atoms with van der Waals surface area (Å²) < 4.78 is 15.2. The van der Waals surface area contributed by atoms with Crippen molar-refractivity contribution in [1.82, 2.24) is 0 Å². The first-order valence-corrected chi connectivity index (χ1v) is 6.55. The monoisotopic (exact) mass is 281 g/mol. The van der Waals surface area contributed by atoms with Crippen molar-refractivity contribution in [3.05, 3.63) is 29.3 Å². The van der Waals surface area contributed by atoms with Gasteiger partial charge in [-0.1, -0.05) is 6.07 Å². The molecular formula is C15H23NO4. The van der Waals surface area contributed by atoms with E-state index in [2.05, 4.69) is 5.32 Å². The first-order valence-electron chi connectivity index (χ1n) is 6.55. The number of carbonyl (C=O) groups excluding carboxylic acids is 1. The summed E-state index contributed by atoms with van der Waals surface area (Å²) in [6.07, 6.45) is 0.287. The fraction of sp³-hybridized carbons (Fsp3) is 0.533. The van der Waals surface area contributed by atoms with Gasteiger partial charge >= 0.3 is 5.97 Å². The van der Waals surface area contributed by atoms with Crippen molar-refractivity contribution >= 4 is 11.7 Å². The van der Waals surface area contributed by atoms with Crippen molar-refractivity contribution < 1.29 is 19.0 Å². The average molecular weight is 281 g/mol. The lowest BCUT2D eigenvalue weighted by molar-refractivity contribution is -0.100. The number of methoxy groups -OCH3 is 3. The maximum absolute atomic E-state index is 11.6. The zero-order valence-corrected chi connectivity index (χ0v) is 12.7. The van der Waals surface area contributed by atoms with Crippen molar-refractivity contribution in [3.8, 4) is 0 Å². The topological polar surface area (TPSA) is 56.8 Å². The number of anilines is 1. The number of esters is 1. The van der Waals surface area contributed by atoms with Crippen LogP contribution in [0.4, 0.5) is 5.69 Å². The fourth-order valence-electron chi connectivity index (χ4n) is 1.89. The molecular weight excluding hydrogens is 258 g/mol. The number of benzene rings is 1. The molecule has 0 aromatic heterocycles. The molecule has 0 aliphatic rings. The van der Waals surface area contributed by atoms with Crippen molar-refractivity contribution in [1.29, 1.82) is 0 Å². The van der Waals surface area contributed by atoms with Crippen LogP contribution in [-0.4, -0.2) is 39.6 Å². The predicted molar refractivity (Wildman–Crippen MR) is 78.1 cm³/mol. The molecule has 1 N–H and O–H groups in total. The van der Waals surface area contributed by atoms with E-state index in [-0.39, 0.29) is 18.3 Å². The predicted octanol–water partition coefficient (Wildman–Crippen LogP) is 2.45. The largest absolute Gasteiger partial charge is 0.465 e. The van der Waals surface area contributed by atoms with Crippen LogP contribution in [0.1, 0.15) is 29.8 Å². The van der Waals surface area contributed by atoms with Crippen molar-refractivity contribution in [2.75, 3.05) is 26.6 Å². The summed E-state index contributed by atoms with van der Waals surface area (Å²) in [5.41, 5.74) is 2.44. The normalized spacial score (nSPS) is 10.9. The second kappa shape index (κ2) is 7.87. The van der Waals surface area contributed by atoms with Gasteiger partial charge in [-0.15, -0.1) is 0 Å². The lowest BCUT2D eigenvalue weighted by Gasteiger charge is -2.19. The van der Waals surface area contributed by atoms with Gasteiger partial charge in [-0.05, 0) is 31.5 Å². The minimum absolute atomic E-state index is 0.255.